The van der Waals surface area contributed by atoms with Crippen molar-refractivity contribution in [1.29, 1.82) is 0 Å². The van der Waals surface area contributed by atoms with Gasteiger partial charge in [0.1, 0.15) is 5.69 Å². The lowest BCUT2D eigenvalue weighted by molar-refractivity contribution is 0.0551. The first-order valence-electron chi connectivity index (χ1n) is 7.01. The molecular formula is C15H21BrN2O. The minimum atomic E-state index is 0.0493. The highest BCUT2D eigenvalue weighted by Gasteiger charge is 2.33. The minimum absolute atomic E-state index is 0.0493. The summed E-state index contributed by atoms with van der Waals surface area (Å²) in [4.78, 5) is 18.6. The molecular weight excluding hydrogens is 304 g/mol. The number of amides is 1. The second-order valence-electron chi connectivity index (χ2n) is 5.33. The van der Waals surface area contributed by atoms with Gasteiger partial charge in [-0.2, -0.15) is 0 Å². The highest BCUT2D eigenvalue weighted by Crippen LogP contribution is 2.38. The summed E-state index contributed by atoms with van der Waals surface area (Å²) < 4.78 is 0.780. The van der Waals surface area contributed by atoms with Gasteiger partial charge in [0.25, 0.3) is 5.91 Å². The van der Waals surface area contributed by atoms with Gasteiger partial charge >= 0.3 is 0 Å². The lowest BCUT2D eigenvalue weighted by atomic mass is 9.74. The van der Waals surface area contributed by atoms with Gasteiger partial charge < -0.3 is 4.90 Å². The predicted octanol–water partition coefficient (Wildman–Crippen LogP) is 3.89. The van der Waals surface area contributed by atoms with Crippen LogP contribution in [0.15, 0.2) is 22.8 Å². The molecule has 2 heterocycles. The molecule has 1 amide bonds. The third kappa shape index (κ3) is 2.99. The summed E-state index contributed by atoms with van der Waals surface area (Å²) in [6, 6.07) is 3.70. The third-order valence-electron chi connectivity index (χ3n) is 4.57. The highest BCUT2D eigenvalue weighted by atomic mass is 79.9. The average molecular weight is 325 g/mol. The maximum Gasteiger partial charge on any atom is 0.273 e. The first kappa shape index (κ1) is 14.5. The summed E-state index contributed by atoms with van der Waals surface area (Å²) in [6.45, 7) is 6.22. The van der Waals surface area contributed by atoms with Crippen LogP contribution in [0.2, 0.25) is 0 Å². The van der Waals surface area contributed by atoms with Gasteiger partial charge in [-0.3, -0.25) is 4.79 Å². The molecule has 104 valence electrons. The van der Waals surface area contributed by atoms with Crippen molar-refractivity contribution in [3.8, 4) is 0 Å². The number of hydrogen-bond acceptors (Lipinski definition) is 2. The van der Waals surface area contributed by atoms with Gasteiger partial charge in [-0.1, -0.05) is 26.7 Å². The fraction of sp³-hybridized carbons (Fsp3) is 0.600. The molecule has 1 aromatic heterocycles. The van der Waals surface area contributed by atoms with Crippen LogP contribution in [0.1, 0.15) is 50.0 Å². The van der Waals surface area contributed by atoms with Gasteiger partial charge in [-0.05, 0) is 46.3 Å². The second kappa shape index (κ2) is 6.04. The summed E-state index contributed by atoms with van der Waals surface area (Å²) in [5, 5.41) is 0. The van der Waals surface area contributed by atoms with E-state index in [1.54, 1.807) is 6.20 Å². The van der Waals surface area contributed by atoms with E-state index >= 15 is 0 Å². The summed E-state index contributed by atoms with van der Waals surface area (Å²) in [5.74, 6) is 0.0493. The fourth-order valence-corrected chi connectivity index (χ4v) is 3.26. The number of carbonyl (C=O) groups excluding carboxylic acids is 1. The zero-order chi connectivity index (χ0) is 13.9. The van der Waals surface area contributed by atoms with Crippen molar-refractivity contribution in [3.05, 3.63) is 28.5 Å². The third-order valence-corrected chi connectivity index (χ3v) is 5.21. The Bertz CT molecular complexity index is 447. The highest BCUT2D eigenvalue weighted by molar-refractivity contribution is 9.10. The predicted molar refractivity (Wildman–Crippen MR) is 80.1 cm³/mol. The monoisotopic (exact) mass is 324 g/mol. The minimum Gasteiger partial charge on any atom is -0.337 e. The van der Waals surface area contributed by atoms with E-state index in [9.17, 15) is 4.79 Å². The second-order valence-corrected chi connectivity index (χ2v) is 6.19. The van der Waals surface area contributed by atoms with Crippen LogP contribution in [0.5, 0.6) is 0 Å². The van der Waals surface area contributed by atoms with Gasteiger partial charge in [-0.25, -0.2) is 4.98 Å². The molecule has 19 heavy (non-hydrogen) atoms. The van der Waals surface area contributed by atoms with Crippen LogP contribution in [0.3, 0.4) is 0 Å². The van der Waals surface area contributed by atoms with Crippen molar-refractivity contribution in [3.63, 3.8) is 0 Å². The van der Waals surface area contributed by atoms with Crippen molar-refractivity contribution in [1.82, 2.24) is 9.88 Å². The Morgan fingerprint density at radius 3 is 2.53 bits per heavy atom. The van der Waals surface area contributed by atoms with Crippen molar-refractivity contribution in [2.75, 3.05) is 13.1 Å². The van der Waals surface area contributed by atoms with Crippen LogP contribution in [0, 0.1) is 5.41 Å². The molecule has 0 unspecified atom stereocenters. The molecule has 1 aliphatic rings. The standard InChI is InChI=1S/C15H21BrN2O/c1-3-15(4-2)7-10-18(11-8-15)14(19)13-12(16)6-5-9-17-13/h5-6,9H,3-4,7-8,10-11H2,1-2H3. The van der Waals surface area contributed by atoms with Crippen LogP contribution < -0.4 is 0 Å². The van der Waals surface area contributed by atoms with Crippen molar-refractivity contribution in [2.24, 2.45) is 5.41 Å². The van der Waals surface area contributed by atoms with E-state index in [2.05, 4.69) is 34.8 Å². The van der Waals surface area contributed by atoms with Crippen molar-refractivity contribution < 1.29 is 4.79 Å². The number of hydrogen-bond donors (Lipinski definition) is 0. The molecule has 1 fully saturated rings. The van der Waals surface area contributed by atoms with E-state index < -0.39 is 0 Å². The number of piperidine rings is 1. The van der Waals surface area contributed by atoms with E-state index in [0.717, 1.165) is 30.4 Å². The molecule has 4 heteroatoms. The zero-order valence-electron chi connectivity index (χ0n) is 11.7. The van der Waals surface area contributed by atoms with Crippen LogP contribution in [0.25, 0.3) is 0 Å². The first-order valence-corrected chi connectivity index (χ1v) is 7.81. The van der Waals surface area contributed by atoms with E-state index in [1.165, 1.54) is 12.8 Å². The first-order chi connectivity index (χ1) is 9.12. The van der Waals surface area contributed by atoms with Crippen molar-refractivity contribution >= 4 is 21.8 Å². The molecule has 0 spiro atoms. The summed E-state index contributed by atoms with van der Waals surface area (Å²) in [7, 11) is 0. The molecule has 1 aromatic rings. The van der Waals surface area contributed by atoms with Gasteiger partial charge in [0.15, 0.2) is 0 Å². The van der Waals surface area contributed by atoms with Crippen LogP contribution in [-0.2, 0) is 0 Å². The lowest BCUT2D eigenvalue weighted by Gasteiger charge is -2.40. The number of halogens is 1. The maximum atomic E-state index is 12.4. The summed E-state index contributed by atoms with van der Waals surface area (Å²) >= 11 is 3.40. The Balaban J connectivity index is 2.06. The Hall–Kier alpha value is -0.900. The number of rotatable bonds is 3. The Labute approximate surface area is 123 Å². The van der Waals surface area contributed by atoms with Gasteiger partial charge in [0, 0.05) is 23.8 Å². The molecule has 0 saturated carbocycles. The van der Waals surface area contributed by atoms with E-state index in [-0.39, 0.29) is 5.91 Å². The topological polar surface area (TPSA) is 33.2 Å². The SMILES string of the molecule is CCC1(CC)CCN(C(=O)c2ncccc2Br)CC1. The Kier molecular flexibility index (Phi) is 4.61. The van der Waals surface area contributed by atoms with Gasteiger partial charge in [0.2, 0.25) is 0 Å². The fourth-order valence-electron chi connectivity index (χ4n) is 2.83. The van der Waals surface area contributed by atoms with Crippen LogP contribution in [0.4, 0.5) is 0 Å². The molecule has 2 rings (SSSR count). The largest absolute Gasteiger partial charge is 0.337 e. The molecule has 0 radical (unpaired) electrons. The quantitative estimate of drug-likeness (QED) is 0.845. The van der Waals surface area contributed by atoms with Crippen LogP contribution >= 0.6 is 15.9 Å². The summed E-state index contributed by atoms with van der Waals surface area (Å²) in [5.41, 5.74) is 0.973. The molecule has 0 aliphatic carbocycles. The lowest BCUT2D eigenvalue weighted by Crippen LogP contribution is -2.43. The number of aromatic nitrogens is 1. The molecule has 1 aliphatic heterocycles. The van der Waals surface area contributed by atoms with E-state index in [0.29, 0.717) is 11.1 Å². The van der Waals surface area contributed by atoms with Crippen molar-refractivity contribution in [2.45, 2.75) is 39.5 Å². The number of nitrogens with zero attached hydrogens (tertiary/aromatic N) is 2. The molecule has 3 nitrogen and oxygen atoms in total. The maximum absolute atomic E-state index is 12.4. The zero-order valence-corrected chi connectivity index (χ0v) is 13.2. The Morgan fingerprint density at radius 1 is 1.37 bits per heavy atom. The number of carbonyl (C=O) groups is 1. The van der Waals surface area contributed by atoms with Gasteiger partial charge in [-0.15, -0.1) is 0 Å². The average Bonchev–Trinajstić information content (AvgIpc) is 2.47. The number of pyridine rings is 1. The smallest absolute Gasteiger partial charge is 0.273 e. The van der Waals surface area contributed by atoms with Gasteiger partial charge in [0.05, 0.1) is 0 Å². The summed E-state index contributed by atoms with van der Waals surface area (Å²) in [6.07, 6.45) is 6.30. The van der Waals surface area contributed by atoms with E-state index in [4.69, 9.17) is 0 Å². The normalized spacial score (nSPS) is 18.4. The Morgan fingerprint density at radius 2 is 2.00 bits per heavy atom. The molecule has 0 atom stereocenters. The molecule has 0 bridgehead atoms. The molecule has 1 saturated heterocycles. The molecule has 0 N–H and O–H groups in total. The van der Waals surface area contributed by atoms with E-state index in [1.807, 2.05) is 17.0 Å². The van der Waals surface area contributed by atoms with Crippen LogP contribution in [-0.4, -0.2) is 28.9 Å². The molecule has 0 aromatic carbocycles. The number of likely N-dealkylation sites (tertiary alicyclic amines) is 1.